The average molecular weight is 401 g/mol. The number of carbonyl (C=O) groups excluding carboxylic acids is 1. The molecule has 0 bridgehead atoms. The summed E-state index contributed by atoms with van der Waals surface area (Å²) < 4.78 is 26.9. The van der Waals surface area contributed by atoms with Gasteiger partial charge in [0.2, 0.25) is 15.9 Å². The summed E-state index contributed by atoms with van der Waals surface area (Å²) in [4.78, 5) is 13.1. The van der Waals surface area contributed by atoms with E-state index in [2.05, 4.69) is 17.4 Å². The lowest BCUT2D eigenvalue weighted by molar-refractivity contribution is -0.127. The maximum absolute atomic E-state index is 12.8. The lowest BCUT2D eigenvalue weighted by atomic mass is 9.91. The van der Waals surface area contributed by atoms with E-state index in [1.807, 2.05) is 32.0 Å². The lowest BCUT2D eigenvalue weighted by Crippen LogP contribution is -2.50. The number of hydrogen-bond acceptors (Lipinski definition) is 3. The monoisotopic (exact) mass is 400 g/mol. The highest BCUT2D eigenvalue weighted by molar-refractivity contribution is 7.89. The maximum atomic E-state index is 12.8. The minimum Gasteiger partial charge on any atom is -0.351 e. The van der Waals surface area contributed by atoms with Gasteiger partial charge in [0.25, 0.3) is 0 Å². The molecule has 0 atom stereocenters. The molecular formula is C22H28N2O3S. The number of piperidine rings is 1. The number of benzene rings is 2. The zero-order valence-corrected chi connectivity index (χ0v) is 17.3. The van der Waals surface area contributed by atoms with Gasteiger partial charge in [0.1, 0.15) is 0 Å². The van der Waals surface area contributed by atoms with E-state index >= 15 is 0 Å². The van der Waals surface area contributed by atoms with Gasteiger partial charge in [0, 0.05) is 24.5 Å². The molecule has 1 amide bonds. The molecule has 2 aromatic rings. The van der Waals surface area contributed by atoms with E-state index in [0.29, 0.717) is 30.8 Å². The highest BCUT2D eigenvalue weighted by atomic mass is 32.2. The maximum Gasteiger partial charge on any atom is 0.243 e. The third-order valence-electron chi connectivity index (χ3n) is 5.16. The van der Waals surface area contributed by atoms with E-state index in [4.69, 9.17) is 0 Å². The molecule has 1 fully saturated rings. The highest BCUT2D eigenvalue weighted by Gasteiger charge is 2.33. The number of sulfonamides is 1. The Morgan fingerprint density at radius 2 is 1.54 bits per heavy atom. The van der Waals surface area contributed by atoms with Crippen LogP contribution in [-0.4, -0.2) is 37.3 Å². The van der Waals surface area contributed by atoms with Crippen molar-refractivity contribution in [3.63, 3.8) is 0 Å². The molecule has 5 nitrogen and oxygen atoms in total. The Kier molecular flexibility index (Phi) is 6.20. The molecule has 150 valence electrons. The van der Waals surface area contributed by atoms with Crippen LogP contribution in [0, 0.1) is 5.92 Å². The normalized spacial score (nSPS) is 16.6. The number of hydrogen-bond donors (Lipinski definition) is 1. The first kappa shape index (κ1) is 20.6. The van der Waals surface area contributed by atoms with Crippen LogP contribution in [0.2, 0.25) is 0 Å². The third kappa shape index (κ3) is 5.00. The smallest absolute Gasteiger partial charge is 0.243 e. The van der Waals surface area contributed by atoms with Gasteiger partial charge in [-0.2, -0.15) is 4.31 Å². The van der Waals surface area contributed by atoms with Crippen molar-refractivity contribution in [3.8, 4) is 0 Å². The molecule has 1 heterocycles. The van der Waals surface area contributed by atoms with Crippen LogP contribution in [0.4, 0.5) is 0 Å². The molecule has 1 aliphatic heterocycles. The summed E-state index contributed by atoms with van der Waals surface area (Å²) >= 11 is 0. The fourth-order valence-electron chi connectivity index (χ4n) is 3.69. The second-order valence-corrected chi connectivity index (χ2v) is 9.96. The Hall–Kier alpha value is -2.18. The van der Waals surface area contributed by atoms with E-state index in [1.54, 1.807) is 30.3 Å². The summed E-state index contributed by atoms with van der Waals surface area (Å²) in [5.74, 6) is -0.144. The van der Waals surface area contributed by atoms with Gasteiger partial charge in [0.05, 0.1) is 4.90 Å². The van der Waals surface area contributed by atoms with Gasteiger partial charge in [-0.1, -0.05) is 48.5 Å². The fourth-order valence-corrected chi connectivity index (χ4v) is 5.18. The van der Waals surface area contributed by atoms with Gasteiger partial charge >= 0.3 is 0 Å². The predicted octanol–water partition coefficient (Wildman–Crippen LogP) is 3.22. The zero-order chi connectivity index (χ0) is 20.2. The second-order valence-electron chi connectivity index (χ2n) is 8.03. The SMILES string of the molecule is CC(C)(Cc1ccccc1)NC(=O)C1CCN(S(=O)(=O)c2ccccc2)CC1. The second kappa shape index (κ2) is 8.45. The van der Waals surface area contributed by atoms with Gasteiger partial charge in [-0.05, 0) is 50.8 Å². The molecular weight excluding hydrogens is 372 g/mol. The Morgan fingerprint density at radius 3 is 2.11 bits per heavy atom. The summed E-state index contributed by atoms with van der Waals surface area (Å²) in [5, 5.41) is 3.15. The minimum atomic E-state index is -3.49. The van der Waals surface area contributed by atoms with Gasteiger partial charge < -0.3 is 5.32 Å². The summed E-state index contributed by atoms with van der Waals surface area (Å²) in [7, 11) is -3.49. The first-order chi connectivity index (χ1) is 13.3. The number of nitrogens with zero attached hydrogens (tertiary/aromatic N) is 1. The zero-order valence-electron chi connectivity index (χ0n) is 16.5. The fraction of sp³-hybridized carbons (Fsp3) is 0.409. The lowest BCUT2D eigenvalue weighted by Gasteiger charge is -2.33. The van der Waals surface area contributed by atoms with Crippen LogP contribution in [0.25, 0.3) is 0 Å². The first-order valence-electron chi connectivity index (χ1n) is 9.69. The molecule has 1 N–H and O–H groups in total. The molecule has 1 saturated heterocycles. The summed E-state index contributed by atoms with van der Waals surface area (Å²) in [5.41, 5.74) is 0.822. The van der Waals surface area contributed by atoms with Crippen molar-refractivity contribution < 1.29 is 13.2 Å². The van der Waals surface area contributed by atoms with Gasteiger partial charge in [-0.15, -0.1) is 0 Å². The van der Waals surface area contributed by atoms with Crippen molar-refractivity contribution in [1.29, 1.82) is 0 Å². The van der Waals surface area contributed by atoms with Crippen molar-refractivity contribution in [2.75, 3.05) is 13.1 Å². The Morgan fingerprint density at radius 1 is 1.00 bits per heavy atom. The largest absolute Gasteiger partial charge is 0.351 e. The standard InChI is InChI=1S/C22H28N2O3S/c1-22(2,17-18-9-5-3-6-10-18)23-21(25)19-13-15-24(16-14-19)28(26,27)20-11-7-4-8-12-20/h3-12,19H,13-17H2,1-2H3,(H,23,25). The molecule has 0 radical (unpaired) electrons. The quantitative estimate of drug-likeness (QED) is 0.810. The molecule has 2 aromatic carbocycles. The van der Waals surface area contributed by atoms with E-state index < -0.39 is 10.0 Å². The van der Waals surface area contributed by atoms with Crippen LogP contribution >= 0.6 is 0 Å². The molecule has 0 unspecified atom stereocenters. The van der Waals surface area contributed by atoms with Crippen molar-refractivity contribution in [2.45, 2.75) is 43.5 Å². The van der Waals surface area contributed by atoms with Crippen LogP contribution < -0.4 is 5.32 Å². The summed E-state index contributed by atoms with van der Waals surface area (Å²) in [6.07, 6.45) is 1.83. The average Bonchev–Trinajstić information content (AvgIpc) is 2.69. The molecule has 6 heteroatoms. The predicted molar refractivity (Wildman–Crippen MR) is 110 cm³/mol. The molecule has 0 aliphatic carbocycles. The van der Waals surface area contributed by atoms with Crippen LogP contribution in [0.3, 0.4) is 0 Å². The van der Waals surface area contributed by atoms with Crippen LogP contribution in [0.5, 0.6) is 0 Å². The number of rotatable bonds is 6. The number of amides is 1. The van der Waals surface area contributed by atoms with Crippen molar-refractivity contribution in [2.24, 2.45) is 5.92 Å². The van der Waals surface area contributed by atoms with Crippen molar-refractivity contribution in [1.82, 2.24) is 9.62 Å². The first-order valence-corrected chi connectivity index (χ1v) is 11.1. The molecule has 0 saturated carbocycles. The van der Waals surface area contributed by atoms with Crippen LogP contribution in [0.1, 0.15) is 32.3 Å². The number of carbonyl (C=O) groups is 1. The highest BCUT2D eigenvalue weighted by Crippen LogP contribution is 2.24. The molecule has 28 heavy (non-hydrogen) atoms. The third-order valence-corrected chi connectivity index (χ3v) is 7.07. The molecule has 0 spiro atoms. The Bertz CT molecular complexity index is 888. The Balaban J connectivity index is 1.56. The van der Waals surface area contributed by atoms with Gasteiger partial charge in [0.15, 0.2) is 0 Å². The van der Waals surface area contributed by atoms with Crippen LogP contribution in [0.15, 0.2) is 65.6 Å². The van der Waals surface area contributed by atoms with Gasteiger partial charge in [-0.25, -0.2) is 8.42 Å². The van der Waals surface area contributed by atoms with Crippen molar-refractivity contribution >= 4 is 15.9 Å². The van der Waals surface area contributed by atoms with Crippen molar-refractivity contribution in [3.05, 3.63) is 66.2 Å². The van der Waals surface area contributed by atoms with E-state index in [0.717, 1.165) is 6.42 Å². The number of nitrogens with one attached hydrogen (secondary N) is 1. The summed E-state index contributed by atoms with van der Waals surface area (Å²) in [6, 6.07) is 18.6. The molecule has 0 aromatic heterocycles. The minimum absolute atomic E-state index is 0.0118. The van der Waals surface area contributed by atoms with E-state index in [-0.39, 0.29) is 17.4 Å². The Labute approximate surface area is 167 Å². The van der Waals surface area contributed by atoms with E-state index in [9.17, 15) is 13.2 Å². The molecule has 3 rings (SSSR count). The topological polar surface area (TPSA) is 66.5 Å². The van der Waals surface area contributed by atoms with Gasteiger partial charge in [-0.3, -0.25) is 4.79 Å². The molecule has 1 aliphatic rings. The summed E-state index contributed by atoms with van der Waals surface area (Å²) in [6.45, 7) is 4.78. The van der Waals surface area contributed by atoms with Crippen LogP contribution in [-0.2, 0) is 21.2 Å². The van der Waals surface area contributed by atoms with E-state index in [1.165, 1.54) is 9.87 Å².